The van der Waals surface area contributed by atoms with Crippen molar-refractivity contribution < 1.29 is 0 Å². The smallest absolute Gasteiger partial charge is 0.00929 e. The van der Waals surface area contributed by atoms with Gasteiger partial charge in [-0.15, -0.1) is 0 Å². The minimum Gasteiger partial charge on any atom is -0.301 e. The maximum absolute atomic E-state index is 2.50. The third kappa shape index (κ3) is 1.26. The maximum atomic E-state index is 2.50. The summed E-state index contributed by atoms with van der Waals surface area (Å²) in [4.78, 5) is 2.50. The van der Waals surface area contributed by atoms with E-state index >= 15 is 0 Å². The molecule has 1 rings (SSSR count). The molecule has 0 aromatic rings. The van der Waals surface area contributed by atoms with Crippen molar-refractivity contribution in [2.75, 3.05) is 7.05 Å². The van der Waals surface area contributed by atoms with Crippen LogP contribution in [-0.2, 0) is 0 Å². The van der Waals surface area contributed by atoms with E-state index in [0.29, 0.717) is 0 Å². The molecule has 0 unspecified atom stereocenters. The molecule has 0 spiro atoms. The zero-order valence-corrected chi connectivity index (χ0v) is 6.72. The average molecular weight is 127 g/mol. The first-order valence-corrected chi connectivity index (χ1v) is 3.97. The summed E-state index contributed by atoms with van der Waals surface area (Å²) >= 11 is 0. The van der Waals surface area contributed by atoms with Gasteiger partial charge in [-0.1, -0.05) is 6.92 Å². The summed E-state index contributed by atoms with van der Waals surface area (Å²) in [5, 5.41) is 0. The first-order chi connectivity index (χ1) is 4.25. The maximum Gasteiger partial charge on any atom is 0.00929 e. The average Bonchev–Trinajstić information content (AvgIpc) is 2.15. The monoisotopic (exact) mass is 127 g/mol. The molecule has 0 amide bonds. The quantitative estimate of drug-likeness (QED) is 0.520. The van der Waals surface area contributed by atoms with Crippen molar-refractivity contribution in [3.8, 4) is 0 Å². The SMILES string of the molecule is CC[C@@H]1CC[C@H](C)N1C. The van der Waals surface area contributed by atoms with E-state index in [1.807, 2.05) is 0 Å². The topological polar surface area (TPSA) is 3.24 Å². The minimum absolute atomic E-state index is 0.829. The Morgan fingerprint density at radius 1 is 1.44 bits per heavy atom. The Labute approximate surface area is 58.0 Å². The molecule has 0 aromatic heterocycles. The third-order valence-electron chi connectivity index (χ3n) is 2.66. The summed E-state index contributed by atoms with van der Waals surface area (Å²) in [6, 6.07) is 1.70. The van der Waals surface area contributed by atoms with E-state index in [4.69, 9.17) is 0 Å². The highest BCUT2D eigenvalue weighted by molar-refractivity contribution is 4.80. The molecule has 1 heterocycles. The Morgan fingerprint density at radius 3 is 2.33 bits per heavy atom. The lowest BCUT2D eigenvalue weighted by Gasteiger charge is -2.21. The van der Waals surface area contributed by atoms with E-state index in [1.165, 1.54) is 19.3 Å². The molecule has 0 N–H and O–H groups in total. The summed E-state index contributed by atoms with van der Waals surface area (Å²) in [6.45, 7) is 4.59. The molecule has 1 fully saturated rings. The molecular weight excluding hydrogens is 110 g/mol. The lowest BCUT2D eigenvalue weighted by Crippen LogP contribution is -2.29. The summed E-state index contributed by atoms with van der Waals surface area (Å²) < 4.78 is 0. The van der Waals surface area contributed by atoms with Gasteiger partial charge in [-0.2, -0.15) is 0 Å². The van der Waals surface area contributed by atoms with Crippen molar-refractivity contribution in [1.29, 1.82) is 0 Å². The summed E-state index contributed by atoms with van der Waals surface area (Å²) in [5.41, 5.74) is 0. The largest absolute Gasteiger partial charge is 0.301 e. The van der Waals surface area contributed by atoms with Gasteiger partial charge in [0.05, 0.1) is 0 Å². The van der Waals surface area contributed by atoms with Gasteiger partial charge >= 0.3 is 0 Å². The Balaban J connectivity index is 2.41. The first kappa shape index (κ1) is 7.07. The van der Waals surface area contributed by atoms with E-state index < -0.39 is 0 Å². The fourth-order valence-corrected chi connectivity index (χ4v) is 1.69. The second-order valence-corrected chi connectivity index (χ2v) is 3.15. The molecular formula is C8H17N. The number of likely N-dealkylation sites (tertiary alicyclic amines) is 1. The van der Waals surface area contributed by atoms with Crippen LogP contribution in [0.3, 0.4) is 0 Å². The van der Waals surface area contributed by atoms with Crippen molar-refractivity contribution in [3.05, 3.63) is 0 Å². The van der Waals surface area contributed by atoms with Gasteiger partial charge in [0.25, 0.3) is 0 Å². The van der Waals surface area contributed by atoms with Crippen LogP contribution in [0.15, 0.2) is 0 Å². The van der Waals surface area contributed by atoms with Crippen LogP contribution >= 0.6 is 0 Å². The first-order valence-electron chi connectivity index (χ1n) is 3.97. The van der Waals surface area contributed by atoms with Crippen LogP contribution < -0.4 is 0 Å². The summed E-state index contributed by atoms with van der Waals surface area (Å²) in [7, 11) is 2.24. The van der Waals surface area contributed by atoms with Gasteiger partial charge in [0.15, 0.2) is 0 Å². The van der Waals surface area contributed by atoms with Crippen molar-refractivity contribution >= 4 is 0 Å². The van der Waals surface area contributed by atoms with E-state index in [1.54, 1.807) is 0 Å². The number of hydrogen-bond acceptors (Lipinski definition) is 1. The highest BCUT2D eigenvalue weighted by atomic mass is 15.2. The number of rotatable bonds is 1. The zero-order chi connectivity index (χ0) is 6.85. The number of nitrogens with zero attached hydrogens (tertiary/aromatic N) is 1. The molecule has 1 aliphatic rings. The molecule has 1 heteroatoms. The van der Waals surface area contributed by atoms with Crippen molar-refractivity contribution in [2.24, 2.45) is 0 Å². The van der Waals surface area contributed by atoms with Gasteiger partial charge in [-0.3, -0.25) is 0 Å². The predicted molar refractivity (Wildman–Crippen MR) is 40.5 cm³/mol. The molecule has 2 atom stereocenters. The Hall–Kier alpha value is -0.0400. The van der Waals surface area contributed by atoms with E-state index in [2.05, 4.69) is 25.8 Å². The third-order valence-corrected chi connectivity index (χ3v) is 2.66. The van der Waals surface area contributed by atoms with Crippen LogP contribution in [0.1, 0.15) is 33.1 Å². The van der Waals surface area contributed by atoms with Gasteiger partial charge in [0, 0.05) is 12.1 Å². The highest BCUT2D eigenvalue weighted by Crippen LogP contribution is 2.23. The lowest BCUT2D eigenvalue weighted by atomic mass is 10.2. The van der Waals surface area contributed by atoms with E-state index in [9.17, 15) is 0 Å². The molecule has 54 valence electrons. The Morgan fingerprint density at radius 2 is 2.11 bits per heavy atom. The fourth-order valence-electron chi connectivity index (χ4n) is 1.69. The molecule has 1 nitrogen and oxygen atoms in total. The molecule has 9 heavy (non-hydrogen) atoms. The standard InChI is InChI=1S/C8H17N/c1-4-8-6-5-7(2)9(8)3/h7-8H,4-6H2,1-3H3/t7-,8+/m0/s1. The zero-order valence-electron chi connectivity index (χ0n) is 6.72. The van der Waals surface area contributed by atoms with Crippen LogP contribution in [0.2, 0.25) is 0 Å². The molecule has 0 radical (unpaired) electrons. The normalized spacial score (nSPS) is 37.7. The van der Waals surface area contributed by atoms with Crippen LogP contribution in [0.5, 0.6) is 0 Å². The van der Waals surface area contributed by atoms with Gasteiger partial charge in [-0.25, -0.2) is 0 Å². The van der Waals surface area contributed by atoms with Crippen molar-refractivity contribution in [1.82, 2.24) is 4.90 Å². The molecule has 0 aromatic carbocycles. The highest BCUT2D eigenvalue weighted by Gasteiger charge is 2.24. The van der Waals surface area contributed by atoms with Crippen LogP contribution in [0.4, 0.5) is 0 Å². The van der Waals surface area contributed by atoms with Gasteiger partial charge in [0.1, 0.15) is 0 Å². The van der Waals surface area contributed by atoms with E-state index in [-0.39, 0.29) is 0 Å². The fraction of sp³-hybridized carbons (Fsp3) is 1.00. The van der Waals surface area contributed by atoms with Gasteiger partial charge in [-0.05, 0) is 33.2 Å². The van der Waals surface area contributed by atoms with Gasteiger partial charge < -0.3 is 4.90 Å². The molecule has 0 saturated carbocycles. The van der Waals surface area contributed by atoms with Crippen molar-refractivity contribution in [3.63, 3.8) is 0 Å². The number of hydrogen-bond donors (Lipinski definition) is 0. The van der Waals surface area contributed by atoms with Crippen LogP contribution in [-0.4, -0.2) is 24.0 Å². The second kappa shape index (κ2) is 2.70. The molecule has 1 aliphatic heterocycles. The van der Waals surface area contributed by atoms with Gasteiger partial charge in [0.2, 0.25) is 0 Å². The van der Waals surface area contributed by atoms with Crippen LogP contribution in [0, 0.1) is 0 Å². The van der Waals surface area contributed by atoms with Crippen molar-refractivity contribution in [2.45, 2.75) is 45.2 Å². The Kier molecular flexibility index (Phi) is 2.12. The molecule has 1 saturated heterocycles. The summed E-state index contributed by atoms with van der Waals surface area (Å²) in [6.07, 6.45) is 4.13. The lowest BCUT2D eigenvalue weighted by molar-refractivity contribution is 0.248. The molecule has 0 bridgehead atoms. The second-order valence-electron chi connectivity index (χ2n) is 3.15. The van der Waals surface area contributed by atoms with E-state index in [0.717, 1.165) is 12.1 Å². The molecule has 0 aliphatic carbocycles. The predicted octanol–water partition coefficient (Wildman–Crippen LogP) is 1.88. The minimum atomic E-state index is 0.829. The summed E-state index contributed by atoms with van der Waals surface area (Å²) in [5.74, 6) is 0. The Bertz CT molecular complexity index is 90.6. The van der Waals surface area contributed by atoms with Crippen LogP contribution in [0.25, 0.3) is 0 Å².